The number of methoxy groups -OCH3 is 1. The Kier molecular flexibility index (Phi) is 3.78. The number of ketones is 1. The fourth-order valence-electron chi connectivity index (χ4n) is 4.12. The number of carboxylic acid groups (broad SMARTS) is 1. The number of benzene rings is 1. The van der Waals surface area contributed by atoms with Crippen LogP contribution in [0.1, 0.15) is 44.2 Å². The maximum absolute atomic E-state index is 12.1. The summed E-state index contributed by atoms with van der Waals surface area (Å²) < 4.78 is 5.29. The third kappa shape index (κ3) is 2.37. The lowest BCUT2D eigenvalue weighted by Crippen LogP contribution is -2.43. The third-order valence-corrected chi connectivity index (χ3v) is 5.62. The van der Waals surface area contributed by atoms with Crippen LogP contribution in [0.25, 0.3) is 5.57 Å². The van der Waals surface area contributed by atoms with Crippen molar-refractivity contribution in [2.45, 2.75) is 39.5 Å². The van der Waals surface area contributed by atoms with E-state index in [0.29, 0.717) is 12.8 Å². The predicted molar refractivity (Wildman–Crippen MR) is 87.4 cm³/mol. The first kappa shape index (κ1) is 15.8. The van der Waals surface area contributed by atoms with E-state index in [1.165, 1.54) is 12.5 Å². The topological polar surface area (TPSA) is 63.6 Å². The first-order valence-corrected chi connectivity index (χ1v) is 8.01. The summed E-state index contributed by atoms with van der Waals surface area (Å²) in [6.07, 6.45) is 2.84. The molecule has 122 valence electrons. The van der Waals surface area contributed by atoms with Gasteiger partial charge in [-0.25, -0.2) is 0 Å². The van der Waals surface area contributed by atoms with Crippen molar-refractivity contribution < 1.29 is 19.4 Å². The molecule has 1 aromatic carbocycles. The molecule has 0 amide bonds. The van der Waals surface area contributed by atoms with Crippen LogP contribution in [0, 0.1) is 11.3 Å². The van der Waals surface area contributed by atoms with Gasteiger partial charge in [0.05, 0.1) is 13.0 Å². The number of aryl methyl sites for hydroxylation is 1. The number of carboxylic acids is 1. The van der Waals surface area contributed by atoms with Gasteiger partial charge in [-0.2, -0.15) is 0 Å². The van der Waals surface area contributed by atoms with Crippen LogP contribution >= 0.6 is 0 Å². The number of fused-ring (bicyclic) bond motifs is 2. The van der Waals surface area contributed by atoms with E-state index >= 15 is 0 Å². The lowest BCUT2D eigenvalue weighted by atomic mass is 9.60. The zero-order chi connectivity index (χ0) is 16.8. The fourth-order valence-corrected chi connectivity index (χ4v) is 4.12. The van der Waals surface area contributed by atoms with Crippen molar-refractivity contribution in [3.05, 3.63) is 34.9 Å². The van der Waals surface area contributed by atoms with Crippen molar-refractivity contribution in [1.29, 1.82) is 0 Å². The molecular formula is C19H22O4. The van der Waals surface area contributed by atoms with Crippen LogP contribution in [0.5, 0.6) is 5.75 Å². The minimum atomic E-state index is -0.883. The highest BCUT2D eigenvalue weighted by atomic mass is 16.5. The van der Waals surface area contributed by atoms with Crippen molar-refractivity contribution in [1.82, 2.24) is 0 Å². The highest BCUT2D eigenvalue weighted by molar-refractivity contribution is 5.93. The summed E-state index contributed by atoms with van der Waals surface area (Å²) in [5.74, 6) is -0.796. The molecule has 0 aromatic heterocycles. The fraction of sp³-hybridized carbons (Fsp3) is 0.474. The highest BCUT2D eigenvalue weighted by Gasteiger charge is 2.49. The molecule has 0 bridgehead atoms. The van der Waals surface area contributed by atoms with Crippen LogP contribution in [0.15, 0.2) is 23.8 Å². The molecule has 0 saturated heterocycles. The van der Waals surface area contributed by atoms with Gasteiger partial charge in [-0.15, -0.1) is 0 Å². The normalized spacial score (nSPS) is 26.3. The molecule has 3 rings (SSSR count). The molecule has 0 radical (unpaired) electrons. The van der Waals surface area contributed by atoms with Crippen LogP contribution in [-0.2, 0) is 16.0 Å². The number of rotatable bonds is 3. The van der Waals surface area contributed by atoms with Gasteiger partial charge in [0.25, 0.3) is 0 Å². The number of allylic oxidation sites excluding steroid dienone is 1. The van der Waals surface area contributed by atoms with Gasteiger partial charge < -0.3 is 9.84 Å². The van der Waals surface area contributed by atoms with Crippen LogP contribution in [-0.4, -0.2) is 24.0 Å². The second-order valence-corrected chi connectivity index (χ2v) is 6.77. The van der Waals surface area contributed by atoms with Gasteiger partial charge in [0, 0.05) is 5.41 Å². The molecule has 0 aliphatic heterocycles. The molecule has 2 atom stereocenters. The van der Waals surface area contributed by atoms with E-state index in [1.54, 1.807) is 14.0 Å². The molecular weight excluding hydrogens is 292 g/mol. The highest BCUT2D eigenvalue weighted by Crippen LogP contribution is 2.51. The summed E-state index contributed by atoms with van der Waals surface area (Å²) >= 11 is 0. The van der Waals surface area contributed by atoms with Crippen molar-refractivity contribution in [3.8, 4) is 5.75 Å². The lowest BCUT2D eigenvalue weighted by molar-refractivity contribution is -0.149. The number of ether oxygens (including phenoxy) is 1. The summed E-state index contributed by atoms with van der Waals surface area (Å²) in [6, 6.07) is 5.98. The van der Waals surface area contributed by atoms with E-state index in [1.807, 2.05) is 18.2 Å². The Bertz CT molecular complexity index is 716. The first-order chi connectivity index (χ1) is 10.9. The first-order valence-electron chi connectivity index (χ1n) is 8.01. The van der Waals surface area contributed by atoms with Crippen LogP contribution in [0.3, 0.4) is 0 Å². The average molecular weight is 314 g/mol. The smallest absolute Gasteiger partial charge is 0.311 e. The summed E-state index contributed by atoms with van der Waals surface area (Å²) in [6.45, 7) is 3.32. The van der Waals surface area contributed by atoms with Crippen molar-refractivity contribution >= 4 is 17.3 Å². The van der Waals surface area contributed by atoms with Crippen molar-refractivity contribution in [3.63, 3.8) is 0 Å². The number of carbonyl (C=O) groups is 2. The summed E-state index contributed by atoms with van der Waals surface area (Å²) in [4.78, 5) is 24.1. The molecule has 0 heterocycles. The van der Waals surface area contributed by atoms with Gasteiger partial charge in [0.15, 0.2) is 0 Å². The van der Waals surface area contributed by atoms with Crippen molar-refractivity contribution in [2.75, 3.05) is 7.11 Å². The van der Waals surface area contributed by atoms with Gasteiger partial charge >= 0.3 is 5.97 Å². The van der Waals surface area contributed by atoms with Gasteiger partial charge in [0.1, 0.15) is 11.5 Å². The third-order valence-electron chi connectivity index (χ3n) is 5.62. The van der Waals surface area contributed by atoms with Crippen LogP contribution < -0.4 is 4.74 Å². The molecule has 0 unspecified atom stereocenters. The quantitative estimate of drug-likeness (QED) is 0.927. The van der Waals surface area contributed by atoms with Crippen molar-refractivity contribution in [2.24, 2.45) is 11.3 Å². The molecule has 1 N–H and O–H groups in total. The molecule has 4 heteroatoms. The number of carbonyl (C=O) groups excluding carboxylic acids is 1. The Morgan fingerprint density at radius 2 is 2.00 bits per heavy atom. The molecule has 4 nitrogen and oxygen atoms in total. The molecule has 1 aromatic rings. The molecule has 0 saturated carbocycles. The Morgan fingerprint density at radius 3 is 2.61 bits per heavy atom. The predicted octanol–water partition coefficient (Wildman–Crippen LogP) is 3.48. The number of Topliss-reactive ketones (excluding diaryl/α,β-unsaturated/α-hetero) is 1. The lowest BCUT2D eigenvalue weighted by Gasteiger charge is -2.42. The molecule has 0 spiro atoms. The Hall–Kier alpha value is -2.10. The molecule has 2 aliphatic rings. The molecule has 2 aliphatic carbocycles. The summed E-state index contributed by atoms with van der Waals surface area (Å²) in [7, 11) is 1.65. The van der Waals surface area contributed by atoms with Gasteiger partial charge in [-0.05, 0) is 61.4 Å². The number of aliphatic carboxylic acids is 1. The Balaban J connectivity index is 2.13. The average Bonchev–Trinajstić information content (AvgIpc) is 2.53. The zero-order valence-electron chi connectivity index (χ0n) is 13.8. The van der Waals surface area contributed by atoms with E-state index < -0.39 is 17.3 Å². The van der Waals surface area contributed by atoms with E-state index in [9.17, 15) is 14.7 Å². The maximum atomic E-state index is 12.1. The Morgan fingerprint density at radius 1 is 1.26 bits per heavy atom. The minimum absolute atomic E-state index is 0.0306. The maximum Gasteiger partial charge on any atom is 0.311 e. The zero-order valence-corrected chi connectivity index (χ0v) is 13.8. The number of hydrogen-bond donors (Lipinski definition) is 1. The van der Waals surface area contributed by atoms with E-state index in [2.05, 4.69) is 0 Å². The van der Waals surface area contributed by atoms with E-state index in [0.717, 1.165) is 35.3 Å². The van der Waals surface area contributed by atoms with Gasteiger partial charge in [-0.1, -0.05) is 18.6 Å². The van der Waals surface area contributed by atoms with Crippen LogP contribution in [0.4, 0.5) is 0 Å². The largest absolute Gasteiger partial charge is 0.497 e. The van der Waals surface area contributed by atoms with Gasteiger partial charge in [0.2, 0.25) is 0 Å². The molecule has 23 heavy (non-hydrogen) atoms. The van der Waals surface area contributed by atoms with Crippen LogP contribution in [0.2, 0.25) is 0 Å². The molecule has 0 fully saturated rings. The second-order valence-electron chi connectivity index (χ2n) is 6.77. The summed E-state index contributed by atoms with van der Waals surface area (Å²) in [5.41, 5.74) is 3.61. The van der Waals surface area contributed by atoms with E-state index in [-0.39, 0.29) is 5.78 Å². The standard InChI is InChI=1S/C19H22O4/c1-11(20)19(2)9-8-15-14-7-5-13(23-3)10-12(14)4-6-16(15)17(19)18(21)22/h5,7,10,17H,4,6,8-9H2,1-3H3,(H,21,22)/t17-,19-/m0/s1. The van der Waals surface area contributed by atoms with Gasteiger partial charge in [-0.3, -0.25) is 9.59 Å². The SMILES string of the molecule is COc1ccc2c(c1)CCC1=C2CC[C@@](C)(C(C)=O)[C@@H]1C(=O)O. The number of hydrogen-bond acceptors (Lipinski definition) is 3. The minimum Gasteiger partial charge on any atom is -0.497 e. The summed E-state index contributed by atoms with van der Waals surface area (Å²) in [5, 5.41) is 9.79. The Labute approximate surface area is 136 Å². The van der Waals surface area contributed by atoms with E-state index in [4.69, 9.17) is 4.74 Å². The monoisotopic (exact) mass is 314 g/mol. The second kappa shape index (κ2) is 5.52.